The largest absolute Gasteiger partial charge is 0.495 e. The third kappa shape index (κ3) is 5.51. The number of rotatable bonds is 8. The number of sulfonamides is 1. The number of nitrogens with zero attached hydrogens (tertiary/aromatic N) is 1. The number of anilines is 1. The first-order valence-corrected chi connectivity index (χ1v) is 10.4. The number of carbonyl (C=O) groups is 1. The van der Waals surface area contributed by atoms with Gasteiger partial charge >= 0.3 is 0 Å². The molecular weight excluding hydrogens is 364 g/mol. The molecule has 0 aliphatic carbocycles. The summed E-state index contributed by atoms with van der Waals surface area (Å²) in [5.74, 6) is 0.211. The predicted octanol–water partition coefficient (Wildman–Crippen LogP) is 3.05. The number of amides is 1. The summed E-state index contributed by atoms with van der Waals surface area (Å²) < 4.78 is 31.3. The van der Waals surface area contributed by atoms with Crippen molar-refractivity contribution in [3.8, 4) is 5.75 Å². The molecule has 0 heterocycles. The molecule has 0 saturated carbocycles. The van der Waals surface area contributed by atoms with Crippen molar-refractivity contribution in [2.75, 3.05) is 17.7 Å². The van der Waals surface area contributed by atoms with Gasteiger partial charge in [0.2, 0.25) is 15.9 Å². The maximum Gasteiger partial charge on any atom is 0.244 e. The molecule has 6 nitrogen and oxygen atoms in total. The quantitative estimate of drug-likeness (QED) is 0.740. The van der Waals surface area contributed by atoms with Gasteiger partial charge in [-0.25, -0.2) is 8.42 Å². The molecule has 2 atom stereocenters. The SMILES string of the molecule is CC[C@@H](C(=O)N[C@@H](C)C(C)C)N(c1cc(Cl)ccc1OC)S(C)(=O)=O. The number of nitrogens with one attached hydrogen (secondary N) is 1. The first-order chi connectivity index (χ1) is 11.5. The third-order valence-corrected chi connectivity index (χ3v) is 5.48. The molecule has 1 aromatic carbocycles. The molecule has 0 aliphatic heterocycles. The molecule has 1 rings (SSSR count). The maximum atomic E-state index is 12.7. The number of hydrogen-bond acceptors (Lipinski definition) is 4. The summed E-state index contributed by atoms with van der Waals surface area (Å²) in [5, 5.41) is 3.24. The molecule has 8 heteroatoms. The number of hydrogen-bond donors (Lipinski definition) is 1. The van der Waals surface area contributed by atoms with Crippen LogP contribution in [0.3, 0.4) is 0 Å². The zero-order valence-corrected chi connectivity index (χ0v) is 17.1. The fraction of sp³-hybridized carbons (Fsp3) is 0.588. The lowest BCUT2D eigenvalue weighted by Gasteiger charge is -2.32. The van der Waals surface area contributed by atoms with E-state index in [-0.39, 0.29) is 23.6 Å². The molecule has 0 unspecified atom stereocenters. The zero-order valence-electron chi connectivity index (χ0n) is 15.5. The lowest BCUT2D eigenvalue weighted by molar-refractivity contribution is -0.123. The molecule has 0 fully saturated rings. The van der Waals surface area contributed by atoms with Crippen LogP contribution in [-0.4, -0.2) is 39.8 Å². The summed E-state index contributed by atoms with van der Waals surface area (Å²) in [5.41, 5.74) is 0.247. The van der Waals surface area contributed by atoms with Gasteiger partial charge in [-0.15, -0.1) is 0 Å². The molecular formula is C17H27ClN2O4S. The highest BCUT2D eigenvalue weighted by Crippen LogP contribution is 2.34. The Labute approximate surface area is 155 Å². The monoisotopic (exact) mass is 390 g/mol. The van der Waals surface area contributed by atoms with Crippen molar-refractivity contribution in [3.05, 3.63) is 23.2 Å². The lowest BCUT2D eigenvalue weighted by Crippen LogP contribution is -2.52. The summed E-state index contributed by atoms with van der Waals surface area (Å²) >= 11 is 6.04. The molecule has 0 aliphatic rings. The van der Waals surface area contributed by atoms with Crippen molar-refractivity contribution in [1.29, 1.82) is 0 Å². The molecule has 0 spiro atoms. The van der Waals surface area contributed by atoms with Crippen molar-refractivity contribution >= 4 is 33.2 Å². The van der Waals surface area contributed by atoms with E-state index < -0.39 is 16.1 Å². The highest BCUT2D eigenvalue weighted by Gasteiger charge is 2.34. The predicted molar refractivity (Wildman–Crippen MR) is 102 cm³/mol. The molecule has 1 N–H and O–H groups in total. The summed E-state index contributed by atoms with van der Waals surface area (Å²) in [6.07, 6.45) is 1.37. The van der Waals surface area contributed by atoms with Gasteiger partial charge in [-0.05, 0) is 37.5 Å². The average molecular weight is 391 g/mol. The second kappa shape index (κ2) is 8.76. The lowest BCUT2D eigenvalue weighted by atomic mass is 10.1. The Balaban J connectivity index is 3.39. The Hall–Kier alpha value is -1.47. The third-order valence-electron chi connectivity index (χ3n) is 4.08. The maximum absolute atomic E-state index is 12.7. The molecule has 0 aromatic heterocycles. The van der Waals surface area contributed by atoms with Crippen molar-refractivity contribution in [1.82, 2.24) is 5.32 Å². The Morgan fingerprint density at radius 3 is 2.36 bits per heavy atom. The van der Waals surface area contributed by atoms with Crippen LogP contribution >= 0.6 is 11.6 Å². The van der Waals surface area contributed by atoms with Crippen LogP contribution < -0.4 is 14.4 Å². The van der Waals surface area contributed by atoms with Crippen LogP contribution in [0.5, 0.6) is 5.75 Å². The normalized spacial score (nSPS) is 14.1. The number of ether oxygens (including phenoxy) is 1. The molecule has 0 radical (unpaired) electrons. The molecule has 0 bridgehead atoms. The van der Waals surface area contributed by atoms with E-state index in [9.17, 15) is 13.2 Å². The smallest absolute Gasteiger partial charge is 0.244 e. The number of methoxy groups -OCH3 is 1. The fourth-order valence-corrected chi connectivity index (χ4v) is 3.73. The van der Waals surface area contributed by atoms with Crippen molar-refractivity contribution in [3.63, 3.8) is 0 Å². The minimum absolute atomic E-state index is 0.0794. The summed E-state index contributed by atoms with van der Waals surface area (Å²) in [4.78, 5) is 12.7. The van der Waals surface area contributed by atoms with Crippen LogP contribution in [0.4, 0.5) is 5.69 Å². The summed E-state index contributed by atoms with van der Waals surface area (Å²) in [6, 6.07) is 3.69. The second-order valence-corrected chi connectivity index (χ2v) is 8.64. The minimum atomic E-state index is -3.75. The van der Waals surface area contributed by atoms with E-state index in [1.54, 1.807) is 19.1 Å². The Kier molecular flexibility index (Phi) is 7.56. The van der Waals surface area contributed by atoms with E-state index in [0.717, 1.165) is 10.6 Å². The molecule has 142 valence electrons. The van der Waals surface area contributed by atoms with Gasteiger partial charge < -0.3 is 10.1 Å². The van der Waals surface area contributed by atoms with Gasteiger partial charge in [0.15, 0.2) is 0 Å². The van der Waals surface area contributed by atoms with E-state index in [2.05, 4.69) is 5.32 Å². The van der Waals surface area contributed by atoms with Crippen LogP contribution in [0.15, 0.2) is 18.2 Å². The van der Waals surface area contributed by atoms with Crippen LogP contribution in [-0.2, 0) is 14.8 Å². The number of halogens is 1. The van der Waals surface area contributed by atoms with Gasteiger partial charge in [0.1, 0.15) is 11.8 Å². The van der Waals surface area contributed by atoms with E-state index in [0.29, 0.717) is 17.2 Å². The van der Waals surface area contributed by atoms with Gasteiger partial charge in [-0.3, -0.25) is 9.10 Å². The van der Waals surface area contributed by atoms with Crippen molar-refractivity contribution in [2.45, 2.75) is 46.2 Å². The van der Waals surface area contributed by atoms with E-state index in [1.807, 2.05) is 20.8 Å². The fourth-order valence-electron chi connectivity index (χ4n) is 2.36. The van der Waals surface area contributed by atoms with E-state index in [4.69, 9.17) is 16.3 Å². The summed E-state index contributed by atoms with van der Waals surface area (Å²) in [7, 11) is -2.31. The van der Waals surface area contributed by atoms with Crippen LogP contribution in [0.2, 0.25) is 5.02 Å². The van der Waals surface area contributed by atoms with E-state index in [1.165, 1.54) is 13.2 Å². The van der Waals surface area contributed by atoms with Crippen molar-refractivity contribution < 1.29 is 17.9 Å². The highest BCUT2D eigenvalue weighted by molar-refractivity contribution is 7.92. The Bertz CT molecular complexity index is 707. The van der Waals surface area contributed by atoms with Crippen LogP contribution in [0.25, 0.3) is 0 Å². The number of carbonyl (C=O) groups excluding carboxylic acids is 1. The summed E-state index contributed by atoms with van der Waals surface area (Å²) in [6.45, 7) is 7.62. The number of benzene rings is 1. The first kappa shape index (κ1) is 21.6. The molecule has 25 heavy (non-hydrogen) atoms. The highest BCUT2D eigenvalue weighted by atomic mass is 35.5. The van der Waals surface area contributed by atoms with E-state index >= 15 is 0 Å². The van der Waals surface area contributed by atoms with Crippen LogP contribution in [0, 0.1) is 5.92 Å². The van der Waals surface area contributed by atoms with Crippen LogP contribution in [0.1, 0.15) is 34.1 Å². The zero-order chi connectivity index (χ0) is 19.4. The molecule has 1 amide bonds. The Morgan fingerprint density at radius 2 is 1.92 bits per heavy atom. The van der Waals surface area contributed by atoms with Crippen molar-refractivity contribution in [2.24, 2.45) is 5.92 Å². The van der Waals surface area contributed by atoms with Gasteiger partial charge in [0, 0.05) is 11.1 Å². The average Bonchev–Trinajstić information content (AvgIpc) is 2.50. The first-order valence-electron chi connectivity index (χ1n) is 8.16. The van der Waals surface area contributed by atoms with Gasteiger partial charge in [0.05, 0.1) is 19.1 Å². The second-order valence-electron chi connectivity index (χ2n) is 6.34. The minimum Gasteiger partial charge on any atom is -0.495 e. The Morgan fingerprint density at radius 1 is 1.32 bits per heavy atom. The van der Waals surface area contributed by atoms with Gasteiger partial charge in [0.25, 0.3) is 0 Å². The topological polar surface area (TPSA) is 75.7 Å². The van der Waals surface area contributed by atoms with Gasteiger partial charge in [-0.1, -0.05) is 32.4 Å². The molecule has 0 saturated heterocycles. The molecule has 1 aromatic rings. The standard InChI is InChI=1S/C17H27ClN2O4S/c1-7-14(17(21)19-12(4)11(2)3)20(25(6,22)23)15-10-13(18)8-9-16(15)24-5/h8-12,14H,7H2,1-6H3,(H,19,21)/t12-,14-/m0/s1. The van der Waals surface area contributed by atoms with Gasteiger partial charge in [-0.2, -0.15) is 0 Å².